The van der Waals surface area contributed by atoms with Crippen LogP contribution in [-0.4, -0.2) is 84.0 Å². The van der Waals surface area contributed by atoms with Crippen LogP contribution in [-0.2, 0) is 0 Å². The summed E-state index contributed by atoms with van der Waals surface area (Å²) in [6.45, 7) is 11.2. The number of likely N-dealkylation sites (tertiary alicyclic amines) is 1. The monoisotopic (exact) mass is 568 g/mol. The first-order valence-corrected chi connectivity index (χ1v) is 14.5. The highest BCUT2D eigenvalue weighted by Gasteiger charge is 2.25. The number of halogens is 1. The zero-order valence-electron chi connectivity index (χ0n) is 21.7. The molecule has 0 bridgehead atoms. The predicted molar refractivity (Wildman–Crippen MR) is 152 cm³/mol. The fraction of sp³-hybridized carbons (Fsp3) is 0.593. The molecule has 1 aliphatic carbocycles. The standard InChI is InChI=1S/C27H37BrN8O/c1-19-22(29-7-10-34-8-2-3-9-34)15-21(37-17-20-5-4-6-20)16-23(19)35-11-13-36(14-12-35)27-24-25(28)32-33-26(24)30-18-31-27/h15-16,18,20,29H,2-14,17H2,1H3,(H,30,31,32,33). The third kappa shape index (κ3) is 5.36. The first kappa shape index (κ1) is 24.7. The molecule has 37 heavy (non-hydrogen) atoms. The highest BCUT2D eigenvalue weighted by Crippen LogP contribution is 2.36. The van der Waals surface area contributed by atoms with Gasteiger partial charge in [-0.1, -0.05) is 6.42 Å². The number of nitrogens with one attached hydrogen (secondary N) is 2. The second-order valence-electron chi connectivity index (χ2n) is 10.6. The van der Waals surface area contributed by atoms with Crippen molar-refractivity contribution in [3.63, 3.8) is 0 Å². The van der Waals surface area contributed by atoms with Crippen LogP contribution in [0, 0.1) is 12.8 Å². The Morgan fingerprint density at radius 1 is 1.03 bits per heavy atom. The average Bonchev–Trinajstić information content (AvgIpc) is 3.55. The summed E-state index contributed by atoms with van der Waals surface area (Å²) in [5.74, 6) is 2.63. The number of hydrogen-bond acceptors (Lipinski definition) is 8. The lowest BCUT2D eigenvalue weighted by atomic mass is 9.86. The fourth-order valence-corrected chi connectivity index (χ4v) is 6.15. The van der Waals surface area contributed by atoms with Gasteiger partial charge in [-0.25, -0.2) is 9.97 Å². The molecule has 9 nitrogen and oxygen atoms in total. The van der Waals surface area contributed by atoms with Gasteiger partial charge in [-0.2, -0.15) is 5.10 Å². The van der Waals surface area contributed by atoms with E-state index in [-0.39, 0.29) is 0 Å². The van der Waals surface area contributed by atoms with Gasteiger partial charge in [-0.05, 0) is 73.1 Å². The highest BCUT2D eigenvalue weighted by molar-refractivity contribution is 9.10. The molecular formula is C27H37BrN8O. The van der Waals surface area contributed by atoms with E-state index in [4.69, 9.17) is 4.74 Å². The molecule has 4 heterocycles. The molecule has 0 spiro atoms. The largest absolute Gasteiger partial charge is 0.493 e. The number of hydrogen-bond donors (Lipinski definition) is 2. The Morgan fingerprint density at radius 2 is 1.81 bits per heavy atom. The molecule has 3 aliphatic rings. The van der Waals surface area contributed by atoms with Crippen LogP contribution >= 0.6 is 15.9 Å². The van der Waals surface area contributed by atoms with Gasteiger partial charge in [0.1, 0.15) is 22.5 Å². The van der Waals surface area contributed by atoms with Crippen molar-refractivity contribution in [3.8, 4) is 5.75 Å². The van der Waals surface area contributed by atoms with Gasteiger partial charge in [0.05, 0.1) is 12.0 Å². The third-order valence-electron chi connectivity index (χ3n) is 8.21. The van der Waals surface area contributed by atoms with Crippen molar-refractivity contribution >= 4 is 44.2 Å². The zero-order chi connectivity index (χ0) is 25.2. The smallest absolute Gasteiger partial charge is 0.187 e. The van der Waals surface area contributed by atoms with Crippen molar-refractivity contribution in [2.24, 2.45) is 5.92 Å². The molecule has 10 heteroatoms. The van der Waals surface area contributed by atoms with Crippen molar-refractivity contribution in [2.75, 3.05) is 74.1 Å². The van der Waals surface area contributed by atoms with Crippen LogP contribution in [0.2, 0.25) is 0 Å². The molecular weight excluding hydrogens is 532 g/mol. The molecule has 2 N–H and O–H groups in total. The minimum Gasteiger partial charge on any atom is -0.493 e. The van der Waals surface area contributed by atoms with Crippen LogP contribution in [0.4, 0.5) is 17.2 Å². The lowest BCUT2D eigenvalue weighted by Crippen LogP contribution is -2.47. The average molecular weight is 570 g/mol. The molecule has 3 aromatic rings. The summed E-state index contributed by atoms with van der Waals surface area (Å²) in [5.41, 5.74) is 4.46. The van der Waals surface area contributed by atoms with Crippen molar-refractivity contribution in [1.29, 1.82) is 0 Å². The molecule has 2 aliphatic heterocycles. The highest BCUT2D eigenvalue weighted by atomic mass is 79.9. The summed E-state index contributed by atoms with van der Waals surface area (Å²) in [5, 5.41) is 11.9. The van der Waals surface area contributed by atoms with E-state index in [0.717, 1.165) is 67.4 Å². The second-order valence-corrected chi connectivity index (χ2v) is 11.4. The molecule has 0 amide bonds. The molecule has 2 aromatic heterocycles. The molecule has 0 radical (unpaired) electrons. The maximum absolute atomic E-state index is 6.34. The molecule has 198 valence electrons. The van der Waals surface area contributed by atoms with Crippen molar-refractivity contribution in [3.05, 3.63) is 28.6 Å². The van der Waals surface area contributed by atoms with Crippen LogP contribution in [0.3, 0.4) is 0 Å². The molecule has 0 unspecified atom stereocenters. The van der Waals surface area contributed by atoms with Gasteiger partial charge in [-0.3, -0.25) is 5.10 Å². The van der Waals surface area contributed by atoms with E-state index < -0.39 is 0 Å². The summed E-state index contributed by atoms with van der Waals surface area (Å²) < 4.78 is 7.17. The van der Waals surface area contributed by atoms with E-state index in [9.17, 15) is 0 Å². The van der Waals surface area contributed by atoms with E-state index in [1.54, 1.807) is 6.33 Å². The minimum atomic E-state index is 0.691. The minimum absolute atomic E-state index is 0.691. The fourth-order valence-electron chi connectivity index (χ4n) is 5.70. The molecule has 2 saturated heterocycles. The topological polar surface area (TPSA) is 85.4 Å². The Hall–Kier alpha value is -2.59. The molecule has 3 fully saturated rings. The zero-order valence-corrected chi connectivity index (χ0v) is 23.3. The van der Waals surface area contributed by atoms with Gasteiger partial charge in [0.25, 0.3) is 0 Å². The lowest BCUT2D eigenvalue weighted by molar-refractivity contribution is 0.180. The first-order valence-electron chi connectivity index (χ1n) is 13.7. The van der Waals surface area contributed by atoms with Gasteiger partial charge in [0, 0.05) is 62.8 Å². The van der Waals surface area contributed by atoms with Gasteiger partial charge < -0.3 is 24.8 Å². The number of anilines is 3. The SMILES string of the molecule is Cc1c(NCCN2CCCC2)cc(OCC2CCC2)cc1N1CCN(c2ncnc3n[nH]c(Br)c23)CC1. The molecule has 0 atom stereocenters. The summed E-state index contributed by atoms with van der Waals surface area (Å²) in [6, 6.07) is 4.47. The Labute approximate surface area is 227 Å². The Morgan fingerprint density at radius 3 is 2.57 bits per heavy atom. The van der Waals surface area contributed by atoms with Gasteiger partial charge in [0.2, 0.25) is 0 Å². The summed E-state index contributed by atoms with van der Waals surface area (Å²) in [7, 11) is 0. The van der Waals surface area contributed by atoms with Crippen molar-refractivity contribution in [1.82, 2.24) is 25.1 Å². The molecule has 1 aromatic carbocycles. The maximum atomic E-state index is 6.34. The van der Waals surface area contributed by atoms with Crippen LogP contribution in [0.15, 0.2) is 23.1 Å². The normalized spacial score (nSPS) is 19.0. The third-order valence-corrected chi connectivity index (χ3v) is 8.79. The predicted octanol–water partition coefficient (Wildman–Crippen LogP) is 4.44. The van der Waals surface area contributed by atoms with E-state index in [1.165, 1.54) is 62.1 Å². The van der Waals surface area contributed by atoms with Crippen molar-refractivity contribution < 1.29 is 4.74 Å². The van der Waals surface area contributed by atoms with Crippen LogP contribution in [0.1, 0.15) is 37.7 Å². The number of H-pyrrole nitrogens is 1. The van der Waals surface area contributed by atoms with Gasteiger partial charge >= 0.3 is 0 Å². The first-order chi connectivity index (χ1) is 18.2. The Bertz CT molecular complexity index is 1210. The second kappa shape index (κ2) is 11.0. The number of piperazine rings is 1. The quantitative estimate of drug-likeness (QED) is 0.392. The molecule has 1 saturated carbocycles. The number of fused-ring (bicyclic) bond motifs is 1. The number of rotatable bonds is 9. The summed E-state index contributed by atoms with van der Waals surface area (Å²) in [4.78, 5) is 16.3. The van der Waals surface area contributed by atoms with E-state index in [1.807, 2.05) is 0 Å². The van der Waals surface area contributed by atoms with Crippen molar-refractivity contribution in [2.45, 2.75) is 39.0 Å². The Balaban J connectivity index is 1.18. The van der Waals surface area contributed by atoms with Crippen LogP contribution in [0.25, 0.3) is 11.0 Å². The number of aromatic amines is 1. The van der Waals surface area contributed by atoms with Gasteiger partial charge in [-0.15, -0.1) is 0 Å². The molecule has 6 rings (SSSR count). The maximum Gasteiger partial charge on any atom is 0.187 e. The van der Waals surface area contributed by atoms with Crippen LogP contribution in [0.5, 0.6) is 5.75 Å². The number of aromatic nitrogens is 4. The number of ether oxygens (including phenoxy) is 1. The van der Waals surface area contributed by atoms with E-state index >= 15 is 0 Å². The summed E-state index contributed by atoms with van der Waals surface area (Å²) >= 11 is 3.58. The van der Waals surface area contributed by atoms with Crippen LogP contribution < -0.4 is 19.9 Å². The summed E-state index contributed by atoms with van der Waals surface area (Å²) in [6.07, 6.45) is 8.20. The Kier molecular flexibility index (Phi) is 7.37. The lowest BCUT2D eigenvalue weighted by Gasteiger charge is -2.38. The number of nitrogens with zero attached hydrogens (tertiary/aromatic N) is 6. The van der Waals surface area contributed by atoms with Gasteiger partial charge in [0.15, 0.2) is 5.65 Å². The van der Waals surface area contributed by atoms with E-state index in [2.05, 4.69) is 75.2 Å². The van der Waals surface area contributed by atoms with E-state index in [0.29, 0.717) is 11.6 Å². The number of benzene rings is 1.